The van der Waals surface area contributed by atoms with Crippen molar-refractivity contribution in [2.24, 2.45) is 5.73 Å². The molecule has 0 fully saturated rings. The average Bonchev–Trinajstić information content (AvgIpc) is 2.78. The molecule has 5 nitrogen and oxygen atoms in total. The van der Waals surface area contributed by atoms with Gasteiger partial charge in [0.15, 0.2) is 0 Å². The van der Waals surface area contributed by atoms with Crippen molar-refractivity contribution in [1.29, 1.82) is 0 Å². The molecule has 0 saturated heterocycles. The lowest BCUT2D eigenvalue weighted by atomic mass is 9.92. The van der Waals surface area contributed by atoms with Gasteiger partial charge in [0.2, 0.25) is 5.91 Å². The monoisotopic (exact) mass is 443 g/mol. The molecule has 0 bridgehead atoms. The number of fused-ring (bicyclic) bond motifs is 1. The molecule has 0 unspecified atom stereocenters. The molecule has 0 radical (unpaired) electrons. The van der Waals surface area contributed by atoms with Gasteiger partial charge in [-0.1, -0.05) is 42.5 Å². The van der Waals surface area contributed by atoms with Crippen molar-refractivity contribution in [2.45, 2.75) is 45.2 Å². The number of nitrogens with one attached hydrogen (secondary N) is 1. The first-order valence-corrected chi connectivity index (χ1v) is 11.5. The quantitative estimate of drug-likeness (QED) is 0.534. The van der Waals surface area contributed by atoms with Crippen molar-refractivity contribution in [3.63, 3.8) is 0 Å². The molecule has 0 aliphatic carbocycles. The van der Waals surface area contributed by atoms with Crippen molar-refractivity contribution in [2.75, 3.05) is 18.5 Å². The van der Waals surface area contributed by atoms with E-state index in [0.717, 1.165) is 47.3 Å². The Balaban J connectivity index is 1.51. The molecule has 1 aliphatic heterocycles. The number of aryl methyl sites for hydroxylation is 2. The van der Waals surface area contributed by atoms with Gasteiger partial charge in [-0.3, -0.25) is 4.79 Å². The van der Waals surface area contributed by atoms with Crippen LogP contribution in [0.5, 0.6) is 5.75 Å². The van der Waals surface area contributed by atoms with Crippen LogP contribution in [0.4, 0.5) is 5.69 Å². The Kier molecular flexibility index (Phi) is 6.70. The Morgan fingerprint density at radius 2 is 1.79 bits per heavy atom. The summed E-state index contributed by atoms with van der Waals surface area (Å²) >= 11 is 0. The lowest BCUT2D eigenvalue weighted by molar-refractivity contribution is -0.123. The summed E-state index contributed by atoms with van der Waals surface area (Å²) in [4.78, 5) is 15.3. The van der Waals surface area contributed by atoms with Crippen LogP contribution in [0.1, 0.15) is 45.8 Å². The van der Waals surface area contributed by atoms with Crippen LogP contribution in [-0.2, 0) is 17.6 Å². The molecule has 1 amide bonds. The van der Waals surface area contributed by atoms with E-state index in [0.29, 0.717) is 6.42 Å². The van der Waals surface area contributed by atoms with Crippen molar-refractivity contribution >= 4 is 11.6 Å². The van der Waals surface area contributed by atoms with Crippen LogP contribution >= 0.6 is 0 Å². The van der Waals surface area contributed by atoms with Gasteiger partial charge in [0, 0.05) is 19.3 Å². The van der Waals surface area contributed by atoms with Crippen molar-refractivity contribution < 1.29 is 9.90 Å². The number of nitrogens with zero attached hydrogens (tertiary/aromatic N) is 1. The second-order valence-corrected chi connectivity index (χ2v) is 9.20. The van der Waals surface area contributed by atoms with Crippen LogP contribution in [0.25, 0.3) is 0 Å². The molecular formula is C28H33N3O2. The predicted molar refractivity (Wildman–Crippen MR) is 134 cm³/mol. The number of aromatic hydroxyl groups is 1. The van der Waals surface area contributed by atoms with Gasteiger partial charge in [0.05, 0.1) is 12.1 Å². The Morgan fingerprint density at radius 3 is 2.48 bits per heavy atom. The molecule has 1 heterocycles. The number of hydrogen-bond acceptors (Lipinski definition) is 4. The zero-order valence-corrected chi connectivity index (χ0v) is 19.6. The lowest BCUT2D eigenvalue weighted by Crippen LogP contribution is -2.45. The van der Waals surface area contributed by atoms with Gasteiger partial charge < -0.3 is 21.1 Å². The number of phenols is 1. The Morgan fingerprint density at radius 1 is 1.09 bits per heavy atom. The fourth-order valence-corrected chi connectivity index (χ4v) is 4.80. The third kappa shape index (κ3) is 5.20. The van der Waals surface area contributed by atoms with E-state index in [9.17, 15) is 9.90 Å². The summed E-state index contributed by atoms with van der Waals surface area (Å²) in [6.07, 6.45) is 2.14. The fourth-order valence-electron chi connectivity index (χ4n) is 4.80. The third-order valence-corrected chi connectivity index (χ3v) is 6.64. The summed E-state index contributed by atoms with van der Waals surface area (Å²) < 4.78 is 0. The molecule has 1 aliphatic rings. The molecule has 4 rings (SSSR count). The number of benzene rings is 3. The van der Waals surface area contributed by atoms with Crippen LogP contribution < -0.4 is 16.0 Å². The molecular weight excluding hydrogens is 410 g/mol. The SMILES string of the molecule is Cc1cc(O)cc(C)c1C[C@H](N)C(=O)N[C@@H]1CCN(C)c2ccc(Cc3ccccc3)cc21. The molecule has 4 N–H and O–H groups in total. The van der Waals surface area contributed by atoms with E-state index >= 15 is 0 Å². The minimum absolute atomic E-state index is 0.0625. The first-order chi connectivity index (χ1) is 15.8. The molecule has 5 heteroatoms. The van der Waals surface area contributed by atoms with Crippen LogP contribution in [0, 0.1) is 13.8 Å². The molecule has 3 aromatic carbocycles. The molecule has 0 saturated carbocycles. The second-order valence-electron chi connectivity index (χ2n) is 9.20. The minimum Gasteiger partial charge on any atom is -0.508 e. The number of phenolic OH excluding ortho intramolecular Hbond substituents is 1. The number of hydrogen-bond donors (Lipinski definition) is 3. The Labute approximate surface area is 196 Å². The number of carbonyl (C=O) groups excluding carboxylic acids is 1. The van der Waals surface area contributed by atoms with E-state index in [1.807, 2.05) is 19.9 Å². The topological polar surface area (TPSA) is 78.6 Å². The minimum atomic E-state index is -0.650. The van der Waals surface area contributed by atoms with Gasteiger partial charge in [-0.25, -0.2) is 0 Å². The van der Waals surface area contributed by atoms with Gasteiger partial charge in [0.1, 0.15) is 5.75 Å². The number of nitrogens with two attached hydrogens (primary N) is 1. The first kappa shape index (κ1) is 22.9. The molecule has 0 spiro atoms. The zero-order chi connectivity index (χ0) is 23.5. The summed E-state index contributed by atoms with van der Waals surface area (Å²) in [5.74, 6) is 0.0943. The summed E-state index contributed by atoms with van der Waals surface area (Å²) in [6, 6.07) is 19.7. The normalized spacial score (nSPS) is 16.2. The maximum Gasteiger partial charge on any atom is 0.237 e. The van der Waals surface area contributed by atoms with E-state index in [1.165, 1.54) is 11.1 Å². The van der Waals surface area contributed by atoms with Gasteiger partial charge in [-0.2, -0.15) is 0 Å². The van der Waals surface area contributed by atoms with Crippen molar-refractivity contribution in [3.05, 3.63) is 94.0 Å². The van der Waals surface area contributed by atoms with E-state index in [1.54, 1.807) is 12.1 Å². The highest BCUT2D eigenvalue weighted by atomic mass is 16.3. The van der Waals surface area contributed by atoms with Gasteiger partial charge in [-0.05, 0) is 84.7 Å². The summed E-state index contributed by atoms with van der Waals surface area (Å²) in [5, 5.41) is 13.0. The Hall–Kier alpha value is -3.31. The van der Waals surface area contributed by atoms with Crippen LogP contribution in [0.3, 0.4) is 0 Å². The highest BCUT2D eigenvalue weighted by Gasteiger charge is 2.27. The lowest BCUT2D eigenvalue weighted by Gasteiger charge is -2.34. The molecule has 2 atom stereocenters. The number of carbonyl (C=O) groups is 1. The van der Waals surface area contributed by atoms with Gasteiger partial charge >= 0.3 is 0 Å². The maximum atomic E-state index is 13.1. The van der Waals surface area contributed by atoms with Crippen LogP contribution in [0.2, 0.25) is 0 Å². The van der Waals surface area contributed by atoms with E-state index in [4.69, 9.17) is 5.73 Å². The smallest absolute Gasteiger partial charge is 0.237 e. The van der Waals surface area contributed by atoms with Gasteiger partial charge in [0.25, 0.3) is 0 Å². The summed E-state index contributed by atoms with van der Waals surface area (Å²) in [7, 11) is 2.09. The molecule has 33 heavy (non-hydrogen) atoms. The van der Waals surface area contributed by atoms with Crippen LogP contribution in [-0.4, -0.2) is 30.6 Å². The average molecular weight is 444 g/mol. The number of amides is 1. The van der Waals surface area contributed by atoms with E-state index < -0.39 is 6.04 Å². The highest BCUT2D eigenvalue weighted by molar-refractivity contribution is 5.83. The predicted octanol–water partition coefficient (Wildman–Crippen LogP) is 4.17. The Bertz CT molecular complexity index is 1120. The first-order valence-electron chi connectivity index (χ1n) is 11.5. The standard InChI is InChI=1S/C28H33N3O2/c1-18-13-22(32)14-19(2)23(18)17-25(29)28(33)30-26-11-12-31(3)27-10-9-21(16-24(26)27)15-20-7-5-4-6-8-20/h4-10,13-14,16,25-26,32H,11-12,15,17,29H2,1-3H3,(H,30,33)/t25-,26+/m0/s1. The number of anilines is 1. The van der Waals surface area contributed by atoms with Crippen molar-refractivity contribution in [3.8, 4) is 5.75 Å². The van der Waals surface area contributed by atoms with Gasteiger partial charge in [-0.15, -0.1) is 0 Å². The third-order valence-electron chi connectivity index (χ3n) is 6.64. The van der Waals surface area contributed by atoms with Crippen molar-refractivity contribution in [1.82, 2.24) is 5.32 Å². The van der Waals surface area contributed by atoms with E-state index in [2.05, 4.69) is 59.7 Å². The second kappa shape index (κ2) is 9.67. The fraction of sp³-hybridized carbons (Fsp3) is 0.321. The summed E-state index contributed by atoms with van der Waals surface area (Å²) in [6.45, 7) is 4.75. The molecule has 3 aromatic rings. The highest BCUT2D eigenvalue weighted by Crippen LogP contribution is 2.34. The maximum absolute atomic E-state index is 13.1. The summed E-state index contributed by atoms with van der Waals surface area (Å²) in [5.41, 5.74) is 14.1. The number of rotatable bonds is 6. The molecule has 0 aromatic heterocycles. The van der Waals surface area contributed by atoms with E-state index in [-0.39, 0.29) is 17.7 Å². The largest absolute Gasteiger partial charge is 0.508 e. The zero-order valence-electron chi connectivity index (χ0n) is 19.6. The molecule has 172 valence electrons. The van der Waals surface area contributed by atoms with Crippen LogP contribution in [0.15, 0.2) is 60.7 Å².